The molecule has 1 N–H and O–H groups in total. The van der Waals surface area contributed by atoms with E-state index in [1.807, 2.05) is 30.9 Å². The Morgan fingerprint density at radius 2 is 2.08 bits per heavy atom. The molecule has 0 aromatic rings. The molecule has 0 spiro atoms. The minimum absolute atomic E-state index is 0.682. The van der Waals surface area contributed by atoms with Crippen molar-refractivity contribution in [2.75, 3.05) is 13.1 Å². The Morgan fingerprint density at radius 1 is 1.54 bits per heavy atom. The monoisotopic (exact) mass is 183 g/mol. The van der Waals surface area contributed by atoms with Gasteiger partial charge in [0.1, 0.15) is 5.54 Å². The average molecular weight is 183 g/mol. The molecular weight excluding hydrogens is 166 g/mol. The smallest absolute Gasteiger partial charge is 0.323 e. The second kappa shape index (κ2) is 3.92. The third-order valence-corrected chi connectivity index (χ3v) is 2.71. The van der Waals surface area contributed by atoms with Crippen molar-refractivity contribution in [3.63, 3.8) is 0 Å². The van der Waals surface area contributed by atoms with Gasteiger partial charge in [0.2, 0.25) is 0 Å². The first-order valence-electron chi connectivity index (χ1n) is 4.74. The lowest BCUT2D eigenvalue weighted by Gasteiger charge is -2.34. The van der Waals surface area contributed by atoms with Crippen LogP contribution in [0.15, 0.2) is 12.2 Å². The molecule has 3 heteroatoms. The van der Waals surface area contributed by atoms with E-state index in [0.29, 0.717) is 6.42 Å². The fraction of sp³-hybridized carbons (Fsp3) is 0.700. The van der Waals surface area contributed by atoms with Crippen molar-refractivity contribution < 1.29 is 9.90 Å². The highest BCUT2D eigenvalue weighted by molar-refractivity contribution is 5.78. The molecular formula is C10H17NO2. The van der Waals surface area contributed by atoms with Gasteiger partial charge in [-0.1, -0.05) is 25.5 Å². The molecule has 0 aromatic carbocycles. The highest BCUT2D eigenvalue weighted by Crippen LogP contribution is 2.23. The molecule has 3 nitrogen and oxygen atoms in total. The van der Waals surface area contributed by atoms with Gasteiger partial charge in [-0.25, -0.2) is 0 Å². The number of carboxylic acid groups (broad SMARTS) is 1. The van der Waals surface area contributed by atoms with Crippen LogP contribution in [-0.2, 0) is 4.79 Å². The maximum atomic E-state index is 11.1. The maximum absolute atomic E-state index is 11.1. The fourth-order valence-electron chi connectivity index (χ4n) is 1.77. The average Bonchev–Trinajstić information content (AvgIpc) is 2.56. The SMILES string of the molecule is CCCC(C)(C(=O)O)N1CC=CC1. The molecule has 1 aliphatic rings. The molecule has 0 aromatic heterocycles. The minimum Gasteiger partial charge on any atom is -0.480 e. The number of carboxylic acids is 1. The van der Waals surface area contributed by atoms with Gasteiger partial charge in [0.15, 0.2) is 0 Å². The van der Waals surface area contributed by atoms with E-state index < -0.39 is 11.5 Å². The molecule has 0 aliphatic carbocycles. The first-order chi connectivity index (χ1) is 6.11. The Morgan fingerprint density at radius 3 is 2.46 bits per heavy atom. The summed E-state index contributed by atoms with van der Waals surface area (Å²) >= 11 is 0. The quantitative estimate of drug-likeness (QED) is 0.671. The third kappa shape index (κ3) is 1.91. The van der Waals surface area contributed by atoms with Gasteiger partial charge in [0, 0.05) is 13.1 Å². The van der Waals surface area contributed by atoms with Crippen LogP contribution in [0.4, 0.5) is 0 Å². The number of nitrogens with zero attached hydrogens (tertiary/aromatic N) is 1. The van der Waals surface area contributed by atoms with Crippen molar-refractivity contribution >= 4 is 5.97 Å². The molecule has 0 saturated carbocycles. The van der Waals surface area contributed by atoms with Gasteiger partial charge in [-0.2, -0.15) is 0 Å². The van der Waals surface area contributed by atoms with Gasteiger partial charge in [0.25, 0.3) is 0 Å². The molecule has 1 aliphatic heterocycles. The summed E-state index contributed by atoms with van der Waals surface area (Å²) in [6.07, 6.45) is 5.66. The Hall–Kier alpha value is -0.830. The zero-order valence-corrected chi connectivity index (χ0v) is 8.29. The zero-order chi connectivity index (χ0) is 9.90. The van der Waals surface area contributed by atoms with Gasteiger partial charge < -0.3 is 5.11 Å². The largest absolute Gasteiger partial charge is 0.480 e. The van der Waals surface area contributed by atoms with Crippen LogP contribution in [0.25, 0.3) is 0 Å². The molecule has 74 valence electrons. The van der Waals surface area contributed by atoms with Crippen LogP contribution in [-0.4, -0.2) is 34.6 Å². The van der Waals surface area contributed by atoms with E-state index in [4.69, 9.17) is 5.11 Å². The Kier molecular flexibility index (Phi) is 3.09. The lowest BCUT2D eigenvalue weighted by Crippen LogP contribution is -2.51. The summed E-state index contributed by atoms with van der Waals surface area (Å²) in [6, 6.07) is 0. The number of rotatable bonds is 4. The van der Waals surface area contributed by atoms with Crippen molar-refractivity contribution in [2.45, 2.75) is 32.2 Å². The second-order valence-electron chi connectivity index (χ2n) is 3.71. The third-order valence-electron chi connectivity index (χ3n) is 2.71. The van der Waals surface area contributed by atoms with Crippen LogP contribution in [0, 0.1) is 0 Å². The number of hydrogen-bond acceptors (Lipinski definition) is 2. The summed E-state index contributed by atoms with van der Waals surface area (Å²) in [4.78, 5) is 13.1. The van der Waals surface area contributed by atoms with Gasteiger partial charge in [-0.3, -0.25) is 9.69 Å². The molecule has 1 heterocycles. The first kappa shape index (κ1) is 10.3. The molecule has 1 atom stereocenters. The van der Waals surface area contributed by atoms with Crippen LogP contribution in [0.2, 0.25) is 0 Å². The molecule has 1 rings (SSSR count). The minimum atomic E-state index is -0.710. The topological polar surface area (TPSA) is 40.5 Å². The van der Waals surface area contributed by atoms with E-state index in [-0.39, 0.29) is 0 Å². The summed E-state index contributed by atoms with van der Waals surface area (Å²) in [5.74, 6) is -0.710. The van der Waals surface area contributed by atoms with E-state index in [2.05, 4.69) is 0 Å². The van der Waals surface area contributed by atoms with Crippen molar-refractivity contribution in [1.82, 2.24) is 4.90 Å². The van der Waals surface area contributed by atoms with E-state index in [1.54, 1.807) is 0 Å². The summed E-state index contributed by atoms with van der Waals surface area (Å²) in [5, 5.41) is 9.15. The van der Waals surface area contributed by atoms with Crippen molar-refractivity contribution in [1.29, 1.82) is 0 Å². The van der Waals surface area contributed by atoms with Gasteiger partial charge in [-0.15, -0.1) is 0 Å². The standard InChI is InChI=1S/C10H17NO2/c1-3-6-10(2,9(12)13)11-7-4-5-8-11/h4-5H,3,6-8H2,1-2H3,(H,12,13). The summed E-state index contributed by atoms with van der Waals surface area (Å²) in [5.41, 5.74) is -0.682. The van der Waals surface area contributed by atoms with E-state index in [0.717, 1.165) is 19.5 Å². The molecule has 1 unspecified atom stereocenters. The molecule has 0 amide bonds. The first-order valence-corrected chi connectivity index (χ1v) is 4.74. The lowest BCUT2D eigenvalue weighted by atomic mass is 9.94. The van der Waals surface area contributed by atoms with Crippen molar-refractivity contribution in [3.8, 4) is 0 Å². The Balaban J connectivity index is 2.71. The molecule has 0 bridgehead atoms. The van der Waals surface area contributed by atoms with Gasteiger partial charge >= 0.3 is 5.97 Å². The number of hydrogen-bond donors (Lipinski definition) is 1. The van der Waals surface area contributed by atoms with Crippen LogP contribution >= 0.6 is 0 Å². The molecule has 0 saturated heterocycles. The van der Waals surface area contributed by atoms with E-state index in [9.17, 15) is 4.79 Å². The highest BCUT2D eigenvalue weighted by Gasteiger charge is 2.38. The number of carbonyl (C=O) groups is 1. The molecule has 13 heavy (non-hydrogen) atoms. The summed E-state index contributed by atoms with van der Waals surface area (Å²) in [7, 11) is 0. The Bertz CT molecular complexity index is 217. The van der Waals surface area contributed by atoms with Crippen LogP contribution in [0.5, 0.6) is 0 Å². The Labute approximate surface area is 79.0 Å². The highest BCUT2D eigenvalue weighted by atomic mass is 16.4. The summed E-state index contributed by atoms with van der Waals surface area (Å²) in [6.45, 7) is 5.36. The van der Waals surface area contributed by atoms with Crippen molar-refractivity contribution in [3.05, 3.63) is 12.2 Å². The van der Waals surface area contributed by atoms with Crippen LogP contribution in [0.1, 0.15) is 26.7 Å². The van der Waals surface area contributed by atoms with Gasteiger partial charge in [0.05, 0.1) is 0 Å². The fourth-order valence-corrected chi connectivity index (χ4v) is 1.77. The van der Waals surface area contributed by atoms with E-state index in [1.165, 1.54) is 0 Å². The second-order valence-corrected chi connectivity index (χ2v) is 3.71. The maximum Gasteiger partial charge on any atom is 0.323 e. The van der Waals surface area contributed by atoms with E-state index >= 15 is 0 Å². The predicted octanol–water partition coefficient (Wildman–Crippen LogP) is 1.50. The van der Waals surface area contributed by atoms with Crippen molar-refractivity contribution in [2.24, 2.45) is 0 Å². The van der Waals surface area contributed by atoms with Gasteiger partial charge in [-0.05, 0) is 13.3 Å². The van der Waals surface area contributed by atoms with Crippen LogP contribution in [0.3, 0.4) is 0 Å². The number of aliphatic carboxylic acids is 1. The molecule has 0 fully saturated rings. The molecule has 0 radical (unpaired) electrons. The van der Waals surface area contributed by atoms with Crippen LogP contribution < -0.4 is 0 Å². The zero-order valence-electron chi connectivity index (χ0n) is 8.29. The normalized spacial score (nSPS) is 21.7. The predicted molar refractivity (Wildman–Crippen MR) is 51.7 cm³/mol. The lowest BCUT2D eigenvalue weighted by molar-refractivity contribution is -0.150. The summed E-state index contributed by atoms with van der Waals surface area (Å²) < 4.78 is 0.